The molecule has 0 radical (unpaired) electrons. The zero-order valence-electron chi connectivity index (χ0n) is 19.1. The molecule has 31 heavy (non-hydrogen) atoms. The van der Waals surface area contributed by atoms with Gasteiger partial charge in [0, 0.05) is 14.4 Å². The summed E-state index contributed by atoms with van der Waals surface area (Å²) < 4.78 is 29.2. The van der Waals surface area contributed by atoms with E-state index in [1.807, 2.05) is 24.3 Å². The molecule has 0 amide bonds. The van der Waals surface area contributed by atoms with Crippen molar-refractivity contribution < 1.29 is 8.78 Å². The monoisotopic (exact) mass is 436 g/mol. The Hall–Kier alpha value is -2.26. The van der Waals surface area contributed by atoms with Gasteiger partial charge in [0.1, 0.15) is 0 Å². The summed E-state index contributed by atoms with van der Waals surface area (Å²) in [6.07, 6.45) is 7.61. The maximum Gasteiger partial charge on any atom is 0.166 e. The minimum atomic E-state index is -0.999. The van der Waals surface area contributed by atoms with Gasteiger partial charge in [0.2, 0.25) is 0 Å². The average Bonchev–Trinajstić information content (AvgIpc) is 2.77. The topological polar surface area (TPSA) is 0 Å². The maximum absolute atomic E-state index is 14.7. The van der Waals surface area contributed by atoms with E-state index in [4.69, 9.17) is 0 Å². The molecule has 3 aromatic carbocycles. The number of benzene rings is 3. The second kappa shape index (κ2) is 11.4. The number of aryl methyl sites for hydroxylation is 1. The van der Waals surface area contributed by atoms with Gasteiger partial charge in [-0.3, -0.25) is 0 Å². The van der Waals surface area contributed by atoms with Gasteiger partial charge in [-0.15, -0.1) is 0 Å². The second-order valence-electron chi connectivity index (χ2n) is 8.94. The van der Waals surface area contributed by atoms with Crippen molar-refractivity contribution in [2.45, 2.75) is 64.6 Å². The fraction of sp³-hybridized carbons (Fsp3) is 0.357. The molecule has 0 aromatic heterocycles. The fourth-order valence-corrected chi connectivity index (χ4v) is 5.24. The first-order valence-corrected chi connectivity index (χ1v) is 14.8. The van der Waals surface area contributed by atoms with Gasteiger partial charge in [0.15, 0.2) is 11.6 Å². The van der Waals surface area contributed by atoms with E-state index in [-0.39, 0.29) is 0 Å². The molecule has 0 aliphatic carbocycles. The van der Waals surface area contributed by atoms with Crippen LogP contribution in [0, 0.1) is 11.6 Å². The number of halogens is 2. The highest BCUT2D eigenvalue weighted by molar-refractivity contribution is 6.55. The van der Waals surface area contributed by atoms with Crippen molar-refractivity contribution in [3.8, 4) is 22.3 Å². The molecule has 0 spiro atoms. The first-order chi connectivity index (χ1) is 15.0. The summed E-state index contributed by atoms with van der Waals surface area (Å²) >= 11 is 0. The van der Waals surface area contributed by atoms with Crippen LogP contribution in [0.15, 0.2) is 60.7 Å². The van der Waals surface area contributed by atoms with Crippen molar-refractivity contribution in [2.75, 3.05) is 0 Å². The minimum absolute atomic E-state index is 0.330. The van der Waals surface area contributed by atoms with Gasteiger partial charge in [0.25, 0.3) is 0 Å². The Bertz CT molecular complexity index is 960. The zero-order valence-corrected chi connectivity index (χ0v) is 20.2. The third-order valence-electron chi connectivity index (χ3n) is 5.84. The quantitative estimate of drug-likeness (QED) is 0.221. The summed E-state index contributed by atoms with van der Waals surface area (Å²) in [5, 5.41) is 0. The normalized spacial score (nSPS) is 11.3. The van der Waals surface area contributed by atoms with E-state index in [0.717, 1.165) is 17.5 Å². The van der Waals surface area contributed by atoms with Crippen LogP contribution in [0.1, 0.15) is 50.2 Å². The van der Waals surface area contributed by atoms with Crippen LogP contribution in [0.2, 0.25) is 13.1 Å². The molecule has 3 aromatic rings. The first kappa shape index (κ1) is 23.4. The van der Waals surface area contributed by atoms with Gasteiger partial charge in [-0.2, -0.15) is 0 Å². The lowest BCUT2D eigenvalue weighted by Crippen LogP contribution is -2.08. The predicted octanol–water partition coefficient (Wildman–Crippen LogP) is 8.38. The first-order valence-electron chi connectivity index (χ1n) is 11.7. The highest BCUT2D eigenvalue weighted by atomic mass is 28.3. The lowest BCUT2D eigenvalue weighted by atomic mass is 9.97. The van der Waals surface area contributed by atoms with E-state index in [0.29, 0.717) is 22.7 Å². The van der Waals surface area contributed by atoms with Crippen molar-refractivity contribution in [3.05, 3.63) is 83.4 Å². The summed E-state index contributed by atoms with van der Waals surface area (Å²) in [6, 6.07) is 20.6. The van der Waals surface area contributed by atoms with E-state index < -0.39 is 20.4 Å². The number of hydrogen-bond donors (Lipinski definition) is 0. The lowest BCUT2D eigenvalue weighted by Gasteiger charge is -2.11. The van der Waals surface area contributed by atoms with Crippen molar-refractivity contribution in [1.29, 1.82) is 0 Å². The molecule has 0 heterocycles. The zero-order chi connectivity index (χ0) is 22.2. The number of rotatable bonds is 10. The van der Waals surface area contributed by atoms with Crippen LogP contribution in [-0.4, -0.2) is 8.80 Å². The minimum Gasteiger partial charge on any atom is -0.203 e. The molecule has 164 valence electrons. The molecule has 0 bridgehead atoms. The second-order valence-corrected chi connectivity index (χ2v) is 12.1. The summed E-state index contributed by atoms with van der Waals surface area (Å²) in [7, 11) is -0.999. The van der Waals surface area contributed by atoms with E-state index in [2.05, 4.69) is 44.3 Å². The SMILES string of the molecule is CCCCCCCc1ccc(-c2ccc(-c3ccc(C[SiH](C)C)c(F)c3F)cc2)cc1. The molecule has 0 nitrogen and oxygen atoms in total. The molecule has 0 unspecified atom stereocenters. The van der Waals surface area contributed by atoms with Gasteiger partial charge in [-0.05, 0) is 46.7 Å². The van der Waals surface area contributed by atoms with Crippen LogP contribution in [0.25, 0.3) is 22.3 Å². The molecule has 0 fully saturated rings. The van der Waals surface area contributed by atoms with E-state index in [1.54, 1.807) is 12.1 Å². The largest absolute Gasteiger partial charge is 0.203 e. The van der Waals surface area contributed by atoms with Crippen molar-refractivity contribution >= 4 is 8.80 Å². The third kappa shape index (κ3) is 6.36. The molecular formula is C28H34F2Si. The van der Waals surface area contributed by atoms with E-state index in [1.165, 1.54) is 37.7 Å². The summed E-state index contributed by atoms with van der Waals surface area (Å²) in [4.78, 5) is 0. The molecule has 3 heteroatoms. The van der Waals surface area contributed by atoms with E-state index in [9.17, 15) is 8.78 Å². The van der Waals surface area contributed by atoms with Crippen LogP contribution in [0.3, 0.4) is 0 Å². The molecule has 0 atom stereocenters. The maximum atomic E-state index is 14.7. The standard InChI is InChI=1S/C28H34F2Si/c1-4-5-6-7-8-9-21-10-12-22(13-11-21)23-14-16-24(17-15-23)26-19-18-25(20-31(2)3)27(29)28(26)30/h10-19,31H,4-9,20H2,1-3H3. The molecular weight excluding hydrogens is 402 g/mol. The highest BCUT2D eigenvalue weighted by Gasteiger charge is 2.15. The fourth-order valence-electron chi connectivity index (χ4n) is 4.05. The molecule has 0 aliphatic heterocycles. The van der Waals surface area contributed by atoms with E-state index >= 15 is 0 Å². The van der Waals surface area contributed by atoms with Crippen molar-refractivity contribution in [1.82, 2.24) is 0 Å². The summed E-state index contributed by atoms with van der Waals surface area (Å²) in [6.45, 7) is 6.53. The van der Waals surface area contributed by atoms with Crippen LogP contribution in [0.5, 0.6) is 0 Å². The predicted molar refractivity (Wildman–Crippen MR) is 132 cm³/mol. The van der Waals surface area contributed by atoms with Gasteiger partial charge in [-0.1, -0.05) is 106 Å². The Morgan fingerprint density at radius 2 is 1.23 bits per heavy atom. The average molecular weight is 437 g/mol. The van der Waals surface area contributed by atoms with Crippen molar-refractivity contribution in [3.63, 3.8) is 0 Å². The van der Waals surface area contributed by atoms with Gasteiger partial charge < -0.3 is 0 Å². The molecule has 0 aliphatic rings. The smallest absolute Gasteiger partial charge is 0.166 e. The van der Waals surface area contributed by atoms with Gasteiger partial charge in [0.05, 0.1) is 0 Å². The molecule has 0 saturated heterocycles. The number of hydrogen-bond acceptors (Lipinski definition) is 0. The Morgan fingerprint density at radius 3 is 1.84 bits per heavy atom. The molecule has 0 saturated carbocycles. The van der Waals surface area contributed by atoms with Crippen LogP contribution in [-0.2, 0) is 12.5 Å². The number of unbranched alkanes of at least 4 members (excludes halogenated alkanes) is 4. The Labute approximate surface area is 188 Å². The Kier molecular flexibility index (Phi) is 8.59. The molecule has 0 N–H and O–H groups in total. The lowest BCUT2D eigenvalue weighted by molar-refractivity contribution is 0.504. The van der Waals surface area contributed by atoms with Gasteiger partial charge in [-0.25, -0.2) is 8.78 Å². The Morgan fingerprint density at radius 1 is 0.645 bits per heavy atom. The Balaban J connectivity index is 1.68. The summed E-state index contributed by atoms with van der Waals surface area (Å²) in [5.74, 6) is -1.42. The molecule has 3 rings (SSSR count). The van der Waals surface area contributed by atoms with Crippen LogP contribution in [0.4, 0.5) is 8.78 Å². The summed E-state index contributed by atoms with van der Waals surface area (Å²) in [5.41, 5.74) is 5.14. The van der Waals surface area contributed by atoms with Crippen LogP contribution < -0.4 is 0 Å². The highest BCUT2D eigenvalue weighted by Crippen LogP contribution is 2.29. The van der Waals surface area contributed by atoms with Crippen molar-refractivity contribution in [2.24, 2.45) is 0 Å². The van der Waals surface area contributed by atoms with Gasteiger partial charge >= 0.3 is 0 Å². The van der Waals surface area contributed by atoms with Crippen LogP contribution >= 0.6 is 0 Å². The third-order valence-corrected chi connectivity index (χ3v) is 7.10.